The van der Waals surface area contributed by atoms with Crippen LogP contribution in [0, 0.1) is 17.8 Å². The third-order valence-corrected chi connectivity index (χ3v) is 3.91. The van der Waals surface area contributed by atoms with Gasteiger partial charge in [-0.2, -0.15) is 0 Å². The molecule has 0 aliphatic heterocycles. The summed E-state index contributed by atoms with van der Waals surface area (Å²) >= 11 is 0. The van der Waals surface area contributed by atoms with Crippen molar-refractivity contribution in [3.05, 3.63) is 24.8 Å². The molecule has 1 saturated carbocycles. The molecular formula is C17H28O2. The lowest BCUT2D eigenvalue weighted by Gasteiger charge is -2.33. The second kappa shape index (κ2) is 8.31. The van der Waals surface area contributed by atoms with Gasteiger partial charge in [0, 0.05) is 12.3 Å². The maximum atomic E-state index is 12.0. The zero-order valence-electron chi connectivity index (χ0n) is 12.3. The van der Waals surface area contributed by atoms with Crippen LogP contribution in [0.2, 0.25) is 0 Å². The van der Waals surface area contributed by atoms with E-state index in [2.05, 4.69) is 32.6 Å². The molecule has 1 aliphatic carbocycles. The molecule has 1 aliphatic rings. The van der Waals surface area contributed by atoms with E-state index < -0.39 is 6.10 Å². The van der Waals surface area contributed by atoms with Gasteiger partial charge in [-0.3, -0.25) is 4.79 Å². The van der Waals surface area contributed by atoms with Crippen LogP contribution in [-0.2, 0) is 4.79 Å². The molecule has 0 aromatic heterocycles. The predicted molar refractivity (Wildman–Crippen MR) is 79.9 cm³/mol. The van der Waals surface area contributed by atoms with E-state index >= 15 is 0 Å². The normalized spacial score (nSPS) is 26.0. The Hall–Kier alpha value is -0.890. The van der Waals surface area contributed by atoms with Crippen molar-refractivity contribution in [1.29, 1.82) is 0 Å². The highest BCUT2D eigenvalue weighted by Gasteiger charge is 2.35. The summed E-state index contributed by atoms with van der Waals surface area (Å²) in [7, 11) is 0. The van der Waals surface area contributed by atoms with Crippen molar-refractivity contribution in [2.45, 2.75) is 58.5 Å². The van der Waals surface area contributed by atoms with Crippen molar-refractivity contribution in [3.63, 3.8) is 0 Å². The maximum absolute atomic E-state index is 12.0. The molecule has 0 aromatic rings. The summed E-state index contributed by atoms with van der Waals surface area (Å²) in [6.45, 7) is 8.04. The molecular weight excluding hydrogens is 236 g/mol. The standard InChI is InChI=1S/C17H28O2/c1-4-8-14-10-7-12-16(19)17(14)15(18)11-6-5-9-13(2)3/h4-5,9,13-15,17-18H,1,6-8,10-12H2,2-3H3/b9-5+. The molecule has 0 radical (unpaired) electrons. The van der Waals surface area contributed by atoms with Crippen LogP contribution in [0.15, 0.2) is 24.8 Å². The first-order valence-corrected chi connectivity index (χ1v) is 7.54. The molecule has 0 aromatic carbocycles. The molecule has 3 atom stereocenters. The Balaban J connectivity index is 2.52. The van der Waals surface area contributed by atoms with Gasteiger partial charge in [0.05, 0.1) is 6.10 Å². The van der Waals surface area contributed by atoms with Crippen molar-refractivity contribution in [2.75, 3.05) is 0 Å². The fourth-order valence-corrected chi connectivity index (χ4v) is 2.97. The lowest BCUT2D eigenvalue weighted by molar-refractivity contribution is -0.131. The number of carbonyl (C=O) groups excluding carboxylic acids is 1. The Kier molecular flexibility index (Phi) is 7.07. The molecule has 108 valence electrons. The Morgan fingerprint density at radius 2 is 2.21 bits per heavy atom. The molecule has 0 spiro atoms. The average molecular weight is 264 g/mol. The quantitative estimate of drug-likeness (QED) is 0.708. The van der Waals surface area contributed by atoms with Crippen LogP contribution in [0.4, 0.5) is 0 Å². The van der Waals surface area contributed by atoms with Crippen molar-refractivity contribution >= 4 is 5.78 Å². The van der Waals surface area contributed by atoms with Gasteiger partial charge in [0.15, 0.2) is 0 Å². The molecule has 2 heteroatoms. The summed E-state index contributed by atoms with van der Waals surface area (Å²) in [5.74, 6) is 0.919. The number of allylic oxidation sites excluding steroid dienone is 3. The molecule has 0 bridgehead atoms. The first-order chi connectivity index (χ1) is 9.06. The summed E-state index contributed by atoms with van der Waals surface area (Å²) in [6.07, 6.45) is 10.7. The van der Waals surface area contributed by atoms with E-state index in [4.69, 9.17) is 0 Å². The third-order valence-electron chi connectivity index (χ3n) is 3.91. The van der Waals surface area contributed by atoms with Gasteiger partial charge in [0.2, 0.25) is 0 Å². The number of hydrogen-bond donors (Lipinski definition) is 1. The van der Waals surface area contributed by atoms with Crippen molar-refractivity contribution in [2.24, 2.45) is 17.8 Å². The fourth-order valence-electron chi connectivity index (χ4n) is 2.97. The van der Waals surface area contributed by atoms with Crippen LogP contribution in [0.1, 0.15) is 52.4 Å². The van der Waals surface area contributed by atoms with Gasteiger partial charge in [-0.25, -0.2) is 0 Å². The SMILES string of the molecule is C=CCC1CCCC(=O)C1C(O)CC/C=C/C(C)C. The van der Waals surface area contributed by atoms with Crippen LogP contribution in [0.25, 0.3) is 0 Å². The van der Waals surface area contributed by atoms with E-state index in [1.807, 2.05) is 6.08 Å². The first-order valence-electron chi connectivity index (χ1n) is 7.54. The average Bonchev–Trinajstić information content (AvgIpc) is 2.35. The minimum Gasteiger partial charge on any atom is -0.392 e. The van der Waals surface area contributed by atoms with Crippen LogP contribution < -0.4 is 0 Å². The molecule has 19 heavy (non-hydrogen) atoms. The van der Waals surface area contributed by atoms with Crippen molar-refractivity contribution in [1.82, 2.24) is 0 Å². The maximum Gasteiger partial charge on any atom is 0.138 e. The van der Waals surface area contributed by atoms with E-state index in [0.717, 1.165) is 25.7 Å². The fraction of sp³-hybridized carbons (Fsp3) is 0.706. The summed E-state index contributed by atoms with van der Waals surface area (Å²) in [5, 5.41) is 10.3. The zero-order valence-corrected chi connectivity index (χ0v) is 12.3. The first kappa shape index (κ1) is 16.2. The highest BCUT2D eigenvalue weighted by Crippen LogP contribution is 2.33. The number of aliphatic hydroxyl groups is 1. The molecule has 0 heterocycles. The Morgan fingerprint density at radius 3 is 2.84 bits per heavy atom. The van der Waals surface area contributed by atoms with Gasteiger partial charge in [0.1, 0.15) is 5.78 Å². The smallest absolute Gasteiger partial charge is 0.138 e. The van der Waals surface area contributed by atoms with Crippen LogP contribution >= 0.6 is 0 Å². The topological polar surface area (TPSA) is 37.3 Å². The van der Waals surface area contributed by atoms with E-state index in [1.54, 1.807) is 0 Å². The second-order valence-corrected chi connectivity index (χ2v) is 5.99. The van der Waals surface area contributed by atoms with Gasteiger partial charge < -0.3 is 5.11 Å². The number of rotatable bonds is 7. The Morgan fingerprint density at radius 1 is 1.47 bits per heavy atom. The number of carbonyl (C=O) groups is 1. The van der Waals surface area contributed by atoms with Crippen LogP contribution in [-0.4, -0.2) is 17.0 Å². The van der Waals surface area contributed by atoms with Gasteiger partial charge >= 0.3 is 0 Å². The highest BCUT2D eigenvalue weighted by atomic mass is 16.3. The van der Waals surface area contributed by atoms with Gasteiger partial charge in [-0.1, -0.05) is 32.1 Å². The molecule has 0 amide bonds. The molecule has 3 unspecified atom stereocenters. The van der Waals surface area contributed by atoms with E-state index in [1.165, 1.54) is 0 Å². The summed E-state index contributed by atoms with van der Waals surface area (Å²) in [5.41, 5.74) is 0. The van der Waals surface area contributed by atoms with Gasteiger partial charge in [-0.05, 0) is 43.9 Å². The van der Waals surface area contributed by atoms with E-state index in [9.17, 15) is 9.90 Å². The minimum atomic E-state index is -0.491. The summed E-state index contributed by atoms with van der Waals surface area (Å²) < 4.78 is 0. The summed E-state index contributed by atoms with van der Waals surface area (Å²) in [6, 6.07) is 0. The number of ketones is 1. The van der Waals surface area contributed by atoms with Crippen molar-refractivity contribution < 1.29 is 9.90 Å². The Bertz CT molecular complexity index is 317. The van der Waals surface area contributed by atoms with Crippen molar-refractivity contribution in [3.8, 4) is 0 Å². The van der Waals surface area contributed by atoms with Crippen LogP contribution in [0.3, 0.4) is 0 Å². The van der Waals surface area contributed by atoms with E-state index in [-0.39, 0.29) is 11.7 Å². The minimum absolute atomic E-state index is 0.167. The lowest BCUT2D eigenvalue weighted by Crippen LogP contribution is -2.37. The van der Waals surface area contributed by atoms with Crippen LogP contribution in [0.5, 0.6) is 0 Å². The predicted octanol–water partition coefficient (Wildman–Crippen LogP) is 3.90. The van der Waals surface area contributed by atoms with E-state index in [0.29, 0.717) is 24.7 Å². The molecule has 1 rings (SSSR count). The summed E-state index contributed by atoms with van der Waals surface area (Å²) in [4.78, 5) is 12.0. The highest BCUT2D eigenvalue weighted by molar-refractivity contribution is 5.82. The lowest BCUT2D eigenvalue weighted by atomic mass is 9.73. The largest absolute Gasteiger partial charge is 0.392 e. The number of aliphatic hydroxyl groups excluding tert-OH is 1. The molecule has 1 N–H and O–H groups in total. The number of hydrogen-bond acceptors (Lipinski definition) is 2. The van der Waals surface area contributed by atoms with Gasteiger partial charge in [-0.15, -0.1) is 6.58 Å². The third kappa shape index (κ3) is 5.32. The van der Waals surface area contributed by atoms with Gasteiger partial charge in [0.25, 0.3) is 0 Å². The monoisotopic (exact) mass is 264 g/mol. The molecule has 0 saturated heterocycles. The Labute approximate surface area is 117 Å². The second-order valence-electron chi connectivity index (χ2n) is 5.99. The molecule has 2 nitrogen and oxygen atoms in total. The molecule has 1 fully saturated rings. The zero-order chi connectivity index (χ0) is 14.3. The number of Topliss-reactive ketones (excluding diaryl/α,β-unsaturated/α-hetero) is 1.